The zero-order chi connectivity index (χ0) is 21.0. The number of carboxylic acids is 1. The topological polar surface area (TPSA) is 161 Å². The third-order valence-corrected chi connectivity index (χ3v) is 4.73. The van der Waals surface area contributed by atoms with Crippen molar-refractivity contribution in [1.82, 2.24) is 4.98 Å². The molecule has 1 aromatic heterocycles. The lowest BCUT2D eigenvalue weighted by Crippen LogP contribution is -2.30. The number of nitrogens with two attached hydrogens (primary N) is 3. The van der Waals surface area contributed by atoms with Crippen molar-refractivity contribution in [3.8, 4) is 11.3 Å². The molecule has 0 aliphatic rings. The molecule has 29 heavy (non-hydrogen) atoms. The molecule has 3 rings (SSSR count). The third kappa shape index (κ3) is 4.80. The number of aromatic amines is 1. The molecule has 150 valence electrons. The SMILES string of the molecule is NC(N)=NC(CCC(N)C(=O)O)c1ccc(-c2cc3ccccc3c(=O)[nH]2)cc1. The fourth-order valence-corrected chi connectivity index (χ4v) is 3.20. The summed E-state index contributed by atoms with van der Waals surface area (Å²) in [5, 5.41) is 10.5. The first kappa shape index (κ1) is 20.1. The van der Waals surface area contributed by atoms with Gasteiger partial charge in [0.15, 0.2) is 5.96 Å². The van der Waals surface area contributed by atoms with Gasteiger partial charge in [-0.3, -0.25) is 9.59 Å². The second-order valence-electron chi connectivity index (χ2n) is 6.81. The maximum absolute atomic E-state index is 12.3. The molecular formula is C21H23N5O3. The lowest BCUT2D eigenvalue weighted by molar-refractivity contribution is -0.138. The van der Waals surface area contributed by atoms with Crippen LogP contribution in [-0.4, -0.2) is 28.1 Å². The monoisotopic (exact) mass is 393 g/mol. The van der Waals surface area contributed by atoms with Gasteiger partial charge in [0.2, 0.25) is 0 Å². The minimum absolute atomic E-state index is 0.0816. The highest BCUT2D eigenvalue weighted by Crippen LogP contribution is 2.27. The van der Waals surface area contributed by atoms with E-state index in [9.17, 15) is 9.59 Å². The number of guanidine groups is 1. The number of carbonyl (C=O) groups is 1. The predicted octanol–water partition coefficient (Wildman–Crippen LogP) is 1.70. The number of hydrogen-bond donors (Lipinski definition) is 5. The molecule has 2 aromatic carbocycles. The molecule has 0 spiro atoms. The molecule has 0 radical (unpaired) electrons. The standard InChI is InChI=1S/C21H23N5O3/c22-16(20(28)29)9-10-17(26-21(23)24)12-5-7-13(8-6-12)18-11-14-3-1-2-4-15(14)19(27)25-18/h1-8,11,16-17H,9-10,22H2,(H,25,27)(H,28,29)(H4,23,24,26). The zero-order valence-corrected chi connectivity index (χ0v) is 15.7. The van der Waals surface area contributed by atoms with Crippen LogP contribution in [0.3, 0.4) is 0 Å². The Kier molecular flexibility index (Phi) is 5.94. The highest BCUT2D eigenvalue weighted by atomic mass is 16.4. The minimum atomic E-state index is -1.07. The van der Waals surface area contributed by atoms with Crippen molar-refractivity contribution in [1.29, 1.82) is 0 Å². The number of benzene rings is 2. The molecule has 3 aromatic rings. The number of H-pyrrole nitrogens is 1. The summed E-state index contributed by atoms with van der Waals surface area (Å²) in [6.07, 6.45) is 0.619. The third-order valence-electron chi connectivity index (χ3n) is 4.73. The average molecular weight is 393 g/mol. The van der Waals surface area contributed by atoms with Gasteiger partial charge < -0.3 is 27.3 Å². The van der Waals surface area contributed by atoms with Gasteiger partial charge in [-0.1, -0.05) is 42.5 Å². The minimum Gasteiger partial charge on any atom is -0.480 e. The van der Waals surface area contributed by atoms with Gasteiger partial charge >= 0.3 is 5.97 Å². The lowest BCUT2D eigenvalue weighted by atomic mass is 9.98. The number of rotatable bonds is 7. The van der Waals surface area contributed by atoms with Crippen LogP contribution in [0, 0.1) is 0 Å². The number of nitrogens with one attached hydrogen (secondary N) is 1. The Balaban J connectivity index is 1.88. The maximum Gasteiger partial charge on any atom is 0.320 e. The van der Waals surface area contributed by atoms with Crippen LogP contribution in [-0.2, 0) is 4.79 Å². The molecule has 0 aliphatic heterocycles. The normalized spacial score (nSPS) is 13.0. The van der Waals surface area contributed by atoms with E-state index in [4.69, 9.17) is 22.3 Å². The van der Waals surface area contributed by atoms with Crippen molar-refractivity contribution in [3.63, 3.8) is 0 Å². The largest absolute Gasteiger partial charge is 0.480 e. The van der Waals surface area contributed by atoms with E-state index in [0.29, 0.717) is 17.5 Å². The number of carboxylic acid groups (broad SMARTS) is 1. The van der Waals surface area contributed by atoms with Gasteiger partial charge in [0.05, 0.1) is 6.04 Å². The van der Waals surface area contributed by atoms with Crippen LogP contribution in [0.1, 0.15) is 24.4 Å². The highest BCUT2D eigenvalue weighted by molar-refractivity contribution is 5.85. The molecule has 8 nitrogen and oxygen atoms in total. The number of aromatic nitrogens is 1. The molecule has 0 bridgehead atoms. The van der Waals surface area contributed by atoms with Crippen LogP contribution in [0.2, 0.25) is 0 Å². The molecule has 0 amide bonds. The number of fused-ring (bicyclic) bond motifs is 1. The van der Waals surface area contributed by atoms with E-state index in [0.717, 1.165) is 16.5 Å². The molecule has 0 fully saturated rings. The molecular weight excluding hydrogens is 370 g/mol. The Morgan fingerprint density at radius 1 is 1.07 bits per heavy atom. The Bertz CT molecular complexity index is 1100. The number of aliphatic carboxylic acids is 1. The molecule has 8 heteroatoms. The van der Waals surface area contributed by atoms with Crippen LogP contribution in [0.25, 0.3) is 22.0 Å². The van der Waals surface area contributed by atoms with Gasteiger partial charge in [-0.25, -0.2) is 4.99 Å². The summed E-state index contributed by atoms with van der Waals surface area (Å²) in [6.45, 7) is 0. The van der Waals surface area contributed by atoms with Gasteiger partial charge in [0, 0.05) is 11.1 Å². The summed E-state index contributed by atoms with van der Waals surface area (Å²) in [6, 6.07) is 15.4. The van der Waals surface area contributed by atoms with Gasteiger partial charge in [-0.05, 0) is 41.5 Å². The Labute approximate surface area is 167 Å². The van der Waals surface area contributed by atoms with Crippen LogP contribution >= 0.6 is 0 Å². The van der Waals surface area contributed by atoms with Crippen LogP contribution < -0.4 is 22.8 Å². The van der Waals surface area contributed by atoms with Crippen molar-refractivity contribution >= 4 is 22.7 Å². The van der Waals surface area contributed by atoms with Crippen LogP contribution in [0.15, 0.2) is 64.4 Å². The summed E-state index contributed by atoms with van der Waals surface area (Å²) in [7, 11) is 0. The van der Waals surface area contributed by atoms with Crippen molar-refractivity contribution in [2.75, 3.05) is 0 Å². The summed E-state index contributed by atoms with van der Waals surface area (Å²) in [5.74, 6) is -1.15. The first-order valence-electron chi connectivity index (χ1n) is 9.14. The lowest BCUT2D eigenvalue weighted by Gasteiger charge is -2.15. The van der Waals surface area contributed by atoms with E-state index in [-0.39, 0.29) is 17.9 Å². The summed E-state index contributed by atoms with van der Waals surface area (Å²) in [5.41, 5.74) is 18.9. The van der Waals surface area contributed by atoms with E-state index in [1.165, 1.54) is 0 Å². The molecule has 2 unspecified atom stereocenters. The summed E-state index contributed by atoms with van der Waals surface area (Å²) in [4.78, 5) is 30.4. The van der Waals surface area contributed by atoms with E-state index < -0.39 is 18.1 Å². The second kappa shape index (κ2) is 8.57. The van der Waals surface area contributed by atoms with E-state index in [1.54, 1.807) is 6.07 Å². The fourth-order valence-electron chi connectivity index (χ4n) is 3.20. The van der Waals surface area contributed by atoms with Crippen molar-refractivity contribution in [2.24, 2.45) is 22.2 Å². The van der Waals surface area contributed by atoms with Crippen LogP contribution in [0.5, 0.6) is 0 Å². The number of nitrogens with zero attached hydrogens (tertiary/aromatic N) is 1. The van der Waals surface area contributed by atoms with E-state index >= 15 is 0 Å². The Morgan fingerprint density at radius 3 is 2.41 bits per heavy atom. The van der Waals surface area contributed by atoms with Gasteiger partial charge in [0.1, 0.15) is 6.04 Å². The molecule has 1 heterocycles. The molecule has 0 saturated carbocycles. The smallest absolute Gasteiger partial charge is 0.320 e. The van der Waals surface area contributed by atoms with Gasteiger partial charge in [-0.2, -0.15) is 0 Å². The molecule has 0 saturated heterocycles. The van der Waals surface area contributed by atoms with Gasteiger partial charge in [-0.15, -0.1) is 0 Å². The first-order chi connectivity index (χ1) is 13.8. The Morgan fingerprint density at radius 2 is 1.76 bits per heavy atom. The van der Waals surface area contributed by atoms with Crippen molar-refractivity contribution in [3.05, 3.63) is 70.5 Å². The van der Waals surface area contributed by atoms with Gasteiger partial charge in [0.25, 0.3) is 5.56 Å². The fraction of sp³-hybridized carbons (Fsp3) is 0.190. The second-order valence-corrected chi connectivity index (χ2v) is 6.81. The Hall–Kier alpha value is -3.65. The maximum atomic E-state index is 12.3. The molecule has 0 aliphatic carbocycles. The molecule has 2 atom stereocenters. The number of aliphatic imine (C=N–C) groups is 1. The van der Waals surface area contributed by atoms with Crippen LogP contribution in [0.4, 0.5) is 0 Å². The van der Waals surface area contributed by atoms with E-state index in [1.807, 2.05) is 48.5 Å². The first-order valence-corrected chi connectivity index (χ1v) is 9.14. The van der Waals surface area contributed by atoms with Crippen molar-refractivity contribution in [2.45, 2.75) is 24.9 Å². The predicted molar refractivity (Wildman–Crippen MR) is 113 cm³/mol. The highest BCUT2D eigenvalue weighted by Gasteiger charge is 2.17. The summed E-state index contributed by atoms with van der Waals surface area (Å²) < 4.78 is 0. The van der Waals surface area contributed by atoms with Crippen molar-refractivity contribution < 1.29 is 9.90 Å². The zero-order valence-electron chi connectivity index (χ0n) is 15.7. The quantitative estimate of drug-likeness (QED) is 0.303. The van der Waals surface area contributed by atoms with E-state index in [2.05, 4.69) is 9.98 Å². The molecule has 8 N–H and O–H groups in total. The number of pyridine rings is 1. The average Bonchev–Trinajstić information content (AvgIpc) is 2.70. The summed E-state index contributed by atoms with van der Waals surface area (Å²) >= 11 is 0. The number of hydrogen-bond acceptors (Lipinski definition) is 4.